The molecule has 0 N–H and O–H groups in total. The molecule has 0 unspecified atom stereocenters. The van der Waals surface area contributed by atoms with Crippen LogP contribution in [0.15, 0.2) is 250 Å². The molecule has 4 aliphatic rings. The predicted molar refractivity (Wildman–Crippen MR) is 434 cm³/mol. The van der Waals surface area contributed by atoms with Crippen molar-refractivity contribution < 1.29 is 70.5 Å². The lowest BCUT2D eigenvalue weighted by atomic mass is 9.93. The van der Waals surface area contributed by atoms with Crippen molar-refractivity contribution in [2.75, 3.05) is 27.4 Å². The van der Waals surface area contributed by atoms with Gasteiger partial charge in [-0.05, 0) is 121 Å². The van der Waals surface area contributed by atoms with Crippen molar-refractivity contribution in [1.29, 1.82) is 0 Å². The maximum Gasteiger partial charge on any atom is 0.349 e. The maximum atomic E-state index is 15.2. The first kappa shape index (κ1) is 82.0. The Kier molecular flexibility index (Phi) is 30.4. The van der Waals surface area contributed by atoms with Crippen LogP contribution in [0, 0.1) is 0 Å². The number of carbonyl (C=O) groups excluding carboxylic acids is 2. The van der Waals surface area contributed by atoms with Crippen molar-refractivity contribution in [2.45, 2.75) is 238 Å². The standard InChI is InChI=1S/C89H106O15S4Si/c1-88(2,3)109(89(4,5)6)98-61-83-81(104-109)53-78(80(101-83)55-87(107-70-35-23-13-24-36-70)108-71-37-25-14-26-38-71)103-85(91)49-47-72-75(96-59-65-41-45-67(93-8)46-42-65)52-77(79(99-72)54-86(105-68-31-19-11-20-32-68)106-69-33-21-12-22-34-69)102-84(90)50-48-73-74(95-58-64-39-43-66(92-7)44-40-64)51-76(97-57-63-29-17-10-18-30-63)82(100-73)60-94-56-62-27-15-9-16-28-62/h9-46,72-83,86-87H,47-61H2,1-8H3/t72-,73-,74+,75+,76-,77-,78-,79+,80+,81+,82+,83-/m1/s1. The average molecular weight is 1570 g/mol. The van der Waals surface area contributed by atoms with Gasteiger partial charge in [0, 0.05) is 61.8 Å². The minimum absolute atomic E-state index is 0.00870. The van der Waals surface area contributed by atoms with Gasteiger partial charge in [-0.25, -0.2) is 0 Å². The summed E-state index contributed by atoms with van der Waals surface area (Å²) in [5, 5.41) is -0.556. The molecule has 580 valence electrons. The lowest BCUT2D eigenvalue weighted by Gasteiger charge is -2.56. The summed E-state index contributed by atoms with van der Waals surface area (Å²) in [6.07, 6.45) is -3.61. The van der Waals surface area contributed by atoms with Crippen molar-refractivity contribution in [2.24, 2.45) is 0 Å². The Morgan fingerprint density at radius 1 is 0.404 bits per heavy atom. The first-order chi connectivity index (χ1) is 52.9. The van der Waals surface area contributed by atoms with E-state index in [2.05, 4.69) is 114 Å². The molecule has 4 saturated heterocycles. The molecule has 0 aromatic heterocycles. The van der Waals surface area contributed by atoms with Gasteiger partial charge in [-0.3, -0.25) is 9.59 Å². The van der Waals surface area contributed by atoms with Gasteiger partial charge in [-0.15, -0.1) is 47.0 Å². The molecule has 0 saturated carbocycles. The Bertz CT molecular complexity index is 3900. The molecule has 0 amide bonds. The molecule has 8 aromatic carbocycles. The number of hydrogen-bond donors (Lipinski definition) is 0. The van der Waals surface area contributed by atoms with Gasteiger partial charge in [-0.1, -0.05) is 199 Å². The van der Waals surface area contributed by atoms with E-state index in [9.17, 15) is 0 Å². The monoisotopic (exact) mass is 1570 g/mol. The van der Waals surface area contributed by atoms with E-state index in [4.69, 9.17) is 61.0 Å². The topological polar surface area (TPSA) is 154 Å². The van der Waals surface area contributed by atoms with Crippen LogP contribution < -0.4 is 9.47 Å². The number of esters is 2. The largest absolute Gasteiger partial charge is 0.497 e. The van der Waals surface area contributed by atoms with Crippen LogP contribution >= 0.6 is 47.0 Å². The van der Waals surface area contributed by atoms with Gasteiger partial charge in [0.2, 0.25) is 0 Å². The number of thioether (sulfide) groups is 4. The van der Waals surface area contributed by atoms with E-state index in [1.165, 1.54) is 0 Å². The summed E-state index contributed by atoms with van der Waals surface area (Å²) < 4.78 is 87.9. The number of benzene rings is 8. The molecule has 4 heterocycles. The number of carbonyl (C=O) groups is 2. The van der Waals surface area contributed by atoms with Crippen LogP contribution in [0.5, 0.6) is 11.5 Å². The van der Waals surface area contributed by atoms with Gasteiger partial charge in [0.15, 0.2) is 0 Å². The second-order valence-corrected chi connectivity index (χ2v) is 40.8. The zero-order chi connectivity index (χ0) is 76.0. The van der Waals surface area contributed by atoms with Crippen LogP contribution in [0.25, 0.3) is 0 Å². The average Bonchev–Trinajstić information content (AvgIpc) is 0.732. The molecular weight excluding hydrogens is 1470 g/mol. The third kappa shape index (κ3) is 23.8. The highest BCUT2D eigenvalue weighted by Gasteiger charge is 2.63. The number of rotatable bonds is 35. The molecule has 0 spiro atoms. The molecule has 0 radical (unpaired) electrons. The van der Waals surface area contributed by atoms with Crippen LogP contribution in [0.1, 0.15) is 122 Å². The van der Waals surface area contributed by atoms with Crippen LogP contribution in [0.2, 0.25) is 10.1 Å². The summed E-state index contributed by atoms with van der Waals surface area (Å²) >= 11 is 7.05. The minimum atomic E-state index is -2.97. The fraction of sp³-hybridized carbons (Fsp3) is 0.438. The Morgan fingerprint density at radius 2 is 0.752 bits per heavy atom. The van der Waals surface area contributed by atoms with Gasteiger partial charge < -0.3 is 61.0 Å². The fourth-order valence-electron chi connectivity index (χ4n) is 15.0. The molecule has 15 nitrogen and oxygen atoms in total. The first-order valence-corrected chi connectivity index (χ1v) is 43.5. The normalized spacial score (nSPS) is 23.5. The van der Waals surface area contributed by atoms with Crippen LogP contribution in [0.3, 0.4) is 0 Å². The second-order valence-electron chi connectivity index (χ2n) is 30.3. The highest BCUT2D eigenvalue weighted by Crippen LogP contribution is 2.56. The van der Waals surface area contributed by atoms with E-state index in [-0.39, 0.29) is 82.7 Å². The summed E-state index contributed by atoms with van der Waals surface area (Å²) in [5.74, 6) is 0.679. The van der Waals surface area contributed by atoms with Crippen LogP contribution in [-0.2, 0) is 87.5 Å². The van der Waals surface area contributed by atoms with Gasteiger partial charge >= 0.3 is 20.5 Å². The van der Waals surface area contributed by atoms with E-state index in [0.717, 1.165) is 53.3 Å². The van der Waals surface area contributed by atoms with E-state index in [0.29, 0.717) is 52.1 Å². The molecule has 8 aromatic rings. The maximum absolute atomic E-state index is 15.2. The third-order valence-corrected chi connectivity index (χ3v) is 30.7. The molecule has 0 aliphatic carbocycles. The lowest BCUT2D eigenvalue weighted by molar-refractivity contribution is -0.219. The second kappa shape index (κ2) is 40.3. The molecule has 4 aliphatic heterocycles. The smallest absolute Gasteiger partial charge is 0.349 e. The number of hydrogen-bond acceptors (Lipinski definition) is 19. The molecule has 109 heavy (non-hydrogen) atoms. The van der Waals surface area contributed by atoms with Gasteiger partial charge in [0.05, 0.1) is 112 Å². The van der Waals surface area contributed by atoms with E-state index >= 15 is 9.59 Å². The van der Waals surface area contributed by atoms with E-state index in [1.54, 1.807) is 61.3 Å². The fourth-order valence-corrected chi connectivity index (χ4v) is 25.3. The number of methoxy groups -OCH3 is 2. The van der Waals surface area contributed by atoms with Gasteiger partial charge in [0.1, 0.15) is 35.9 Å². The minimum Gasteiger partial charge on any atom is -0.497 e. The van der Waals surface area contributed by atoms with Crippen molar-refractivity contribution in [3.63, 3.8) is 0 Å². The third-order valence-electron chi connectivity index (χ3n) is 20.3. The first-order valence-electron chi connectivity index (χ1n) is 38.2. The molecule has 12 rings (SSSR count). The Balaban J connectivity index is 0.820. The summed E-state index contributed by atoms with van der Waals surface area (Å²) in [5.41, 5.74) is 3.95. The van der Waals surface area contributed by atoms with Gasteiger partial charge in [-0.2, -0.15) is 0 Å². The zero-order valence-corrected chi connectivity index (χ0v) is 68.2. The molecule has 12 atom stereocenters. The van der Waals surface area contributed by atoms with E-state index in [1.807, 2.05) is 158 Å². The molecule has 0 bridgehead atoms. The summed E-state index contributed by atoms with van der Waals surface area (Å²) in [4.78, 5) is 34.9. The Morgan fingerprint density at radius 3 is 1.16 bits per heavy atom. The van der Waals surface area contributed by atoms with Crippen molar-refractivity contribution in [1.82, 2.24) is 0 Å². The lowest BCUT2D eigenvalue weighted by Crippen LogP contribution is -2.67. The summed E-state index contributed by atoms with van der Waals surface area (Å²) in [6.45, 7) is 15.2. The predicted octanol–water partition coefficient (Wildman–Crippen LogP) is 19.9. The van der Waals surface area contributed by atoms with Crippen molar-refractivity contribution in [3.8, 4) is 11.5 Å². The summed E-state index contributed by atoms with van der Waals surface area (Å²) in [7, 11) is 0.329. The van der Waals surface area contributed by atoms with Crippen molar-refractivity contribution in [3.05, 3.63) is 253 Å². The molecule has 4 fully saturated rings. The molecule has 20 heteroatoms. The zero-order valence-electron chi connectivity index (χ0n) is 63.9. The van der Waals surface area contributed by atoms with Gasteiger partial charge in [0.25, 0.3) is 0 Å². The molecular formula is C89H106O15S4Si. The van der Waals surface area contributed by atoms with Crippen molar-refractivity contribution >= 4 is 67.5 Å². The SMILES string of the molecule is COc1ccc(CO[C@H]2C[C@@H](OCc3ccccc3)[C@H](COCc3ccccc3)O[C@@H]2CCC(=O)O[C@@H]2C[C@H](OCc3ccc(OC)cc3)[C@@H](CCC(=O)O[C@@H]3C[C@@H]4O[Si](C(C)(C)C)(C(C)(C)C)OC[C@H]4O[C@H]3CC(Sc3ccccc3)Sc3ccccc3)O[C@H]2CC(Sc2ccccc2)Sc2ccccc2)cc1. The van der Waals surface area contributed by atoms with Crippen LogP contribution in [0.4, 0.5) is 0 Å². The highest BCUT2D eigenvalue weighted by molar-refractivity contribution is 8.17. The van der Waals surface area contributed by atoms with Crippen LogP contribution in [-0.4, -0.2) is 130 Å². The van der Waals surface area contributed by atoms with E-state index < -0.39 is 75.6 Å². The Labute approximate surface area is 663 Å². The Hall–Kier alpha value is -6.44. The number of fused-ring (bicyclic) bond motifs is 1. The quantitative estimate of drug-likeness (QED) is 0.0160. The number of ether oxygens (including phenoxy) is 11. The highest BCUT2D eigenvalue weighted by atomic mass is 32.2. The summed E-state index contributed by atoms with van der Waals surface area (Å²) in [6, 6.07) is 77.3.